The van der Waals surface area contributed by atoms with E-state index in [1.807, 2.05) is 18.0 Å². The smallest absolute Gasteiger partial charge is 0.230 e. The number of carbonyl (C=O) groups excluding carboxylic acids is 2. The zero-order chi connectivity index (χ0) is 21.0. The number of aromatic nitrogens is 2. The van der Waals surface area contributed by atoms with Crippen LogP contribution in [0.2, 0.25) is 0 Å². The fourth-order valence-electron chi connectivity index (χ4n) is 4.10. The van der Waals surface area contributed by atoms with Crippen molar-refractivity contribution in [3.63, 3.8) is 0 Å². The molecule has 3 fully saturated rings. The van der Waals surface area contributed by atoms with E-state index in [9.17, 15) is 9.59 Å². The summed E-state index contributed by atoms with van der Waals surface area (Å²) in [7, 11) is 0. The SMILES string of the molecule is Cc1cc(NC(=O)C2CC2)n(C2NC(=O)C3CNN(c4ccc(C)c(C)c4)C3N2)n1. The second kappa shape index (κ2) is 7.10. The number of nitrogens with zero attached hydrogens (tertiary/aromatic N) is 3. The van der Waals surface area contributed by atoms with Crippen LogP contribution in [-0.2, 0) is 9.59 Å². The van der Waals surface area contributed by atoms with Gasteiger partial charge in [0.1, 0.15) is 12.0 Å². The van der Waals surface area contributed by atoms with Gasteiger partial charge in [-0.3, -0.25) is 19.9 Å². The lowest BCUT2D eigenvalue weighted by atomic mass is 10.0. The van der Waals surface area contributed by atoms with Gasteiger partial charge in [-0.1, -0.05) is 6.07 Å². The van der Waals surface area contributed by atoms with Gasteiger partial charge in [-0.05, 0) is 56.9 Å². The van der Waals surface area contributed by atoms with Crippen LogP contribution in [0.1, 0.15) is 36.0 Å². The number of fused-ring (bicyclic) bond motifs is 1. The third kappa shape index (κ3) is 3.33. The van der Waals surface area contributed by atoms with E-state index in [0.717, 1.165) is 24.2 Å². The van der Waals surface area contributed by atoms with Crippen molar-refractivity contribution in [3.05, 3.63) is 41.1 Å². The molecule has 2 aromatic rings. The van der Waals surface area contributed by atoms with E-state index in [0.29, 0.717) is 12.4 Å². The fourth-order valence-corrected chi connectivity index (χ4v) is 4.10. The Morgan fingerprint density at radius 2 is 1.97 bits per heavy atom. The van der Waals surface area contributed by atoms with E-state index >= 15 is 0 Å². The Hall–Kier alpha value is -2.91. The molecule has 3 unspecified atom stereocenters. The minimum atomic E-state index is -0.559. The van der Waals surface area contributed by atoms with Crippen LogP contribution >= 0.6 is 0 Å². The zero-order valence-electron chi connectivity index (χ0n) is 17.4. The fraction of sp³-hybridized carbons (Fsp3) is 0.476. The Morgan fingerprint density at radius 1 is 1.17 bits per heavy atom. The zero-order valence-corrected chi connectivity index (χ0v) is 17.4. The van der Waals surface area contributed by atoms with E-state index in [1.54, 1.807) is 4.68 Å². The van der Waals surface area contributed by atoms with Crippen LogP contribution in [0.4, 0.5) is 11.5 Å². The van der Waals surface area contributed by atoms with Crippen molar-refractivity contribution in [2.45, 2.75) is 46.1 Å². The molecule has 0 spiro atoms. The molecule has 1 aromatic heterocycles. The van der Waals surface area contributed by atoms with Crippen LogP contribution in [0.3, 0.4) is 0 Å². The van der Waals surface area contributed by atoms with Crippen molar-refractivity contribution in [1.82, 2.24) is 25.8 Å². The minimum Gasteiger partial charge on any atom is -0.321 e. The summed E-state index contributed by atoms with van der Waals surface area (Å²) in [5.41, 5.74) is 7.55. The highest BCUT2D eigenvalue weighted by atomic mass is 16.2. The maximum absolute atomic E-state index is 12.9. The molecule has 0 radical (unpaired) electrons. The van der Waals surface area contributed by atoms with Gasteiger partial charge in [0, 0.05) is 18.5 Å². The molecule has 3 heterocycles. The number of rotatable bonds is 4. The highest BCUT2D eigenvalue weighted by Crippen LogP contribution is 2.31. The third-order valence-corrected chi connectivity index (χ3v) is 6.16. The summed E-state index contributed by atoms with van der Waals surface area (Å²) < 4.78 is 1.65. The van der Waals surface area contributed by atoms with E-state index < -0.39 is 6.29 Å². The number of benzene rings is 1. The number of carbonyl (C=O) groups is 2. The number of anilines is 2. The number of hydrogen-bond acceptors (Lipinski definition) is 6. The lowest BCUT2D eigenvalue weighted by molar-refractivity contribution is -0.129. The first kappa shape index (κ1) is 19.1. The highest BCUT2D eigenvalue weighted by molar-refractivity contribution is 5.93. The maximum atomic E-state index is 12.9. The molecule has 1 aliphatic carbocycles. The van der Waals surface area contributed by atoms with Crippen LogP contribution < -0.4 is 26.4 Å². The molecule has 4 N–H and O–H groups in total. The number of amides is 2. The third-order valence-electron chi connectivity index (χ3n) is 6.16. The van der Waals surface area contributed by atoms with Crippen molar-refractivity contribution in [3.8, 4) is 0 Å². The molecular weight excluding hydrogens is 382 g/mol. The second-order valence-electron chi connectivity index (χ2n) is 8.51. The Balaban J connectivity index is 1.41. The van der Waals surface area contributed by atoms with Crippen molar-refractivity contribution in [1.29, 1.82) is 0 Å². The Kier molecular flexibility index (Phi) is 4.52. The molecule has 2 saturated heterocycles. The summed E-state index contributed by atoms with van der Waals surface area (Å²) >= 11 is 0. The van der Waals surface area contributed by atoms with Gasteiger partial charge in [-0.2, -0.15) is 5.10 Å². The Morgan fingerprint density at radius 3 is 2.70 bits per heavy atom. The standard InChI is InChI=1S/C21H27N7O2/c1-11-4-7-15(8-12(11)2)27-18-16(10-22-27)20(30)25-21(24-18)28-17(9-13(3)26-28)23-19(29)14-5-6-14/h4,7-9,14,16,18,21-22,24H,5-6,10H2,1-3H3,(H,23,29)(H,25,30). The van der Waals surface area contributed by atoms with Gasteiger partial charge in [-0.25, -0.2) is 10.1 Å². The Bertz CT molecular complexity index is 1010. The van der Waals surface area contributed by atoms with Crippen LogP contribution in [0.25, 0.3) is 0 Å². The molecule has 9 heteroatoms. The molecule has 158 valence electrons. The molecule has 1 saturated carbocycles. The molecule has 9 nitrogen and oxygen atoms in total. The summed E-state index contributed by atoms with van der Waals surface area (Å²) in [5, 5.41) is 16.0. The average Bonchev–Trinajstić information content (AvgIpc) is 3.37. The molecule has 0 bridgehead atoms. The van der Waals surface area contributed by atoms with Gasteiger partial charge in [0.25, 0.3) is 0 Å². The first-order valence-electron chi connectivity index (χ1n) is 10.4. The van der Waals surface area contributed by atoms with Crippen molar-refractivity contribution in [2.24, 2.45) is 11.8 Å². The van der Waals surface area contributed by atoms with Gasteiger partial charge < -0.3 is 10.6 Å². The molecule has 5 rings (SSSR count). The average molecular weight is 409 g/mol. The summed E-state index contributed by atoms with van der Waals surface area (Å²) in [6.45, 7) is 6.58. The molecule has 2 amide bonds. The molecule has 30 heavy (non-hydrogen) atoms. The second-order valence-corrected chi connectivity index (χ2v) is 8.51. The van der Waals surface area contributed by atoms with Crippen molar-refractivity contribution < 1.29 is 9.59 Å². The van der Waals surface area contributed by atoms with E-state index in [2.05, 4.69) is 58.5 Å². The van der Waals surface area contributed by atoms with E-state index in [1.165, 1.54) is 11.1 Å². The minimum absolute atomic E-state index is 0.00968. The van der Waals surface area contributed by atoms with Gasteiger partial charge >= 0.3 is 0 Å². The Labute approximate surface area is 175 Å². The molecule has 3 aliphatic rings. The van der Waals surface area contributed by atoms with E-state index in [4.69, 9.17) is 0 Å². The predicted octanol–water partition coefficient (Wildman–Crippen LogP) is 1.30. The van der Waals surface area contributed by atoms with Gasteiger partial charge in [0.15, 0.2) is 6.29 Å². The van der Waals surface area contributed by atoms with Crippen molar-refractivity contribution >= 4 is 23.3 Å². The first-order chi connectivity index (χ1) is 14.4. The monoisotopic (exact) mass is 409 g/mol. The van der Waals surface area contributed by atoms with Crippen LogP contribution in [0, 0.1) is 32.6 Å². The van der Waals surface area contributed by atoms with Gasteiger partial charge in [-0.15, -0.1) is 0 Å². The van der Waals surface area contributed by atoms with Crippen LogP contribution in [0.15, 0.2) is 24.3 Å². The number of hydrazine groups is 1. The summed E-state index contributed by atoms with van der Waals surface area (Å²) in [6, 6.07) is 8.09. The topological polar surface area (TPSA) is 103 Å². The maximum Gasteiger partial charge on any atom is 0.230 e. The van der Waals surface area contributed by atoms with Crippen molar-refractivity contribution in [2.75, 3.05) is 16.9 Å². The summed E-state index contributed by atoms with van der Waals surface area (Å²) in [4.78, 5) is 25.2. The number of aryl methyl sites for hydroxylation is 3. The lowest BCUT2D eigenvalue weighted by Crippen LogP contribution is -2.61. The van der Waals surface area contributed by atoms with Gasteiger partial charge in [0.05, 0.1) is 17.3 Å². The number of hydrogen-bond donors (Lipinski definition) is 4. The van der Waals surface area contributed by atoms with Crippen LogP contribution in [0.5, 0.6) is 0 Å². The molecule has 1 aromatic carbocycles. The first-order valence-corrected chi connectivity index (χ1v) is 10.4. The largest absolute Gasteiger partial charge is 0.321 e. The molecule has 3 atom stereocenters. The normalized spacial score (nSPS) is 25.8. The molecular formula is C21H27N7O2. The summed E-state index contributed by atoms with van der Waals surface area (Å²) in [6.07, 6.45) is 1.06. The number of nitrogens with one attached hydrogen (secondary N) is 4. The lowest BCUT2D eigenvalue weighted by Gasteiger charge is -2.37. The quantitative estimate of drug-likeness (QED) is 0.607. The predicted molar refractivity (Wildman–Crippen MR) is 112 cm³/mol. The summed E-state index contributed by atoms with van der Waals surface area (Å²) in [5.74, 6) is 0.408. The van der Waals surface area contributed by atoms with E-state index in [-0.39, 0.29) is 29.8 Å². The highest BCUT2D eigenvalue weighted by Gasteiger charge is 2.45. The van der Waals surface area contributed by atoms with Gasteiger partial charge in [0.2, 0.25) is 11.8 Å². The molecule has 2 aliphatic heterocycles. The van der Waals surface area contributed by atoms with Crippen LogP contribution in [-0.4, -0.2) is 34.3 Å².